The summed E-state index contributed by atoms with van der Waals surface area (Å²) in [5.74, 6) is 0.103. The summed E-state index contributed by atoms with van der Waals surface area (Å²) in [6, 6.07) is 13.0. The van der Waals surface area contributed by atoms with Crippen LogP contribution in [0.3, 0.4) is 0 Å². The number of rotatable bonds is 6. The smallest absolute Gasteiger partial charge is 0.240 e. The van der Waals surface area contributed by atoms with Gasteiger partial charge in [0, 0.05) is 37.1 Å². The van der Waals surface area contributed by atoms with Crippen molar-refractivity contribution in [2.45, 2.75) is 18.4 Å². The Morgan fingerprint density at radius 3 is 2.59 bits per heavy atom. The van der Waals surface area contributed by atoms with E-state index in [0.717, 1.165) is 16.7 Å². The van der Waals surface area contributed by atoms with Gasteiger partial charge >= 0.3 is 0 Å². The maximum atomic E-state index is 15.0. The van der Waals surface area contributed by atoms with Crippen LogP contribution in [0.25, 0.3) is 33.7 Å². The van der Waals surface area contributed by atoms with Crippen LogP contribution in [0.2, 0.25) is 0 Å². The van der Waals surface area contributed by atoms with Crippen molar-refractivity contribution in [3.8, 4) is 22.5 Å². The number of aromatic amines is 1. The molecule has 0 fully saturated rings. The maximum Gasteiger partial charge on any atom is 0.240 e. The van der Waals surface area contributed by atoms with Crippen LogP contribution in [-0.2, 0) is 23.6 Å². The Bertz CT molecular complexity index is 1610. The first-order valence-electron chi connectivity index (χ1n) is 10.5. The second kappa shape index (κ2) is 8.47. The molecule has 0 saturated heterocycles. The molecule has 5 aromatic rings. The average Bonchev–Trinajstić information content (AvgIpc) is 3.44. The number of pyridine rings is 1. The Hall–Kier alpha value is -3.89. The number of aromatic nitrogens is 5. The normalized spacial score (nSPS) is 11.9. The Morgan fingerprint density at radius 1 is 1.09 bits per heavy atom. The third-order valence-corrected chi connectivity index (χ3v) is 6.94. The molecule has 0 radical (unpaired) electrons. The van der Waals surface area contributed by atoms with Gasteiger partial charge in [-0.25, -0.2) is 27.5 Å². The molecule has 0 aliphatic rings. The number of sulfonamides is 1. The number of hydrogen-bond acceptors (Lipinski definition) is 5. The van der Waals surface area contributed by atoms with Gasteiger partial charge in [0.05, 0.1) is 22.2 Å². The monoisotopic (exact) mass is 476 g/mol. The molecular weight excluding hydrogens is 455 g/mol. The van der Waals surface area contributed by atoms with Gasteiger partial charge in [-0.15, -0.1) is 0 Å². The van der Waals surface area contributed by atoms with E-state index in [0.29, 0.717) is 22.6 Å². The van der Waals surface area contributed by atoms with E-state index in [1.54, 1.807) is 47.4 Å². The van der Waals surface area contributed by atoms with E-state index in [9.17, 15) is 12.8 Å². The third-order valence-electron chi connectivity index (χ3n) is 5.52. The molecule has 0 saturated carbocycles. The highest BCUT2D eigenvalue weighted by molar-refractivity contribution is 7.89. The molecule has 8 nitrogen and oxygen atoms in total. The van der Waals surface area contributed by atoms with Gasteiger partial charge in [0.1, 0.15) is 11.6 Å². The number of H-pyrrole nitrogens is 1. The highest BCUT2D eigenvalue weighted by Gasteiger charge is 2.16. The quantitative estimate of drug-likeness (QED) is 0.386. The number of hydrogen-bond donors (Lipinski definition) is 2. The number of halogens is 1. The Kier molecular flexibility index (Phi) is 5.46. The number of nitrogens with zero attached hydrogens (tertiary/aromatic N) is 4. The second-order valence-electron chi connectivity index (χ2n) is 7.99. The first-order chi connectivity index (χ1) is 16.3. The zero-order chi connectivity index (χ0) is 23.9. The summed E-state index contributed by atoms with van der Waals surface area (Å²) in [5.41, 5.74) is 4.55. The standard InChI is InChI=1S/C24H21FN6O2S/c1-15-3-7-19(8-4-15)34(32,33)28-13-17-6-5-16(11-21(17)25)20-9-10-26-24-22(20)29-23(30-24)18-12-27-31(2)14-18/h3-12,14,28H,13H2,1-2H3,(H,26,29,30). The average molecular weight is 477 g/mol. The molecule has 0 atom stereocenters. The summed E-state index contributed by atoms with van der Waals surface area (Å²) < 4.78 is 44.1. The Balaban J connectivity index is 1.41. The Labute approximate surface area is 195 Å². The fraction of sp³-hybridized carbons (Fsp3) is 0.125. The zero-order valence-corrected chi connectivity index (χ0v) is 19.3. The van der Waals surface area contributed by atoms with E-state index in [2.05, 4.69) is 24.8 Å². The molecular formula is C24H21FN6O2S. The van der Waals surface area contributed by atoms with E-state index in [1.807, 2.05) is 20.2 Å². The van der Waals surface area contributed by atoms with Gasteiger partial charge in [-0.05, 0) is 36.8 Å². The number of fused-ring (bicyclic) bond motifs is 1. The first kappa shape index (κ1) is 21.9. The molecule has 2 aromatic carbocycles. The van der Waals surface area contributed by atoms with Crippen LogP contribution in [0.4, 0.5) is 4.39 Å². The van der Waals surface area contributed by atoms with Gasteiger partial charge in [-0.3, -0.25) is 4.68 Å². The van der Waals surface area contributed by atoms with Gasteiger partial charge in [-0.1, -0.05) is 29.8 Å². The summed E-state index contributed by atoms with van der Waals surface area (Å²) in [6.07, 6.45) is 5.15. The topological polar surface area (TPSA) is 106 Å². The summed E-state index contributed by atoms with van der Waals surface area (Å²) >= 11 is 0. The minimum Gasteiger partial charge on any atom is -0.336 e. The molecule has 10 heteroatoms. The number of aryl methyl sites for hydroxylation is 2. The van der Waals surface area contributed by atoms with Crippen LogP contribution in [0.15, 0.2) is 72.0 Å². The molecule has 0 unspecified atom stereocenters. The van der Waals surface area contributed by atoms with Gasteiger partial charge in [0.15, 0.2) is 5.65 Å². The molecule has 34 heavy (non-hydrogen) atoms. The molecule has 2 N–H and O–H groups in total. The third kappa shape index (κ3) is 4.20. The van der Waals surface area contributed by atoms with Crippen molar-refractivity contribution in [2.24, 2.45) is 7.05 Å². The lowest BCUT2D eigenvalue weighted by Gasteiger charge is -2.10. The zero-order valence-electron chi connectivity index (χ0n) is 18.4. The lowest BCUT2D eigenvalue weighted by Crippen LogP contribution is -2.23. The van der Waals surface area contributed by atoms with Crippen LogP contribution in [0.5, 0.6) is 0 Å². The Morgan fingerprint density at radius 2 is 1.88 bits per heavy atom. The molecule has 3 heterocycles. The second-order valence-corrected chi connectivity index (χ2v) is 9.76. The van der Waals surface area contributed by atoms with Gasteiger partial charge in [0.25, 0.3) is 0 Å². The molecule has 0 amide bonds. The molecule has 0 aliphatic heterocycles. The summed E-state index contributed by atoms with van der Waals surface area (Å²) in [6.45, 7) is 1.71. The number of benzene rings is 2. The van der Waals surface area contributed by atoms with Crippen molar-refractivity contribution in [3.05, 3.63) is 84.1 Å². The SMILES string of the molecule is Cc1ccc(S(=O)(=O)NCc2ccc(-c3ccnc4nc(-c5cnn(C)c5)[nH]c34)cc2F)cc1. The van der Waals surface area contributed by atoms with Crippen molar-refractivity contribution in [2.75, 3.05) is 0 Å². The van der Waals surface area contributed by atoms with Gasteiger partial charge < -0.3 is 4.98 Å². The number of imidazole rings is 1. The van der Waals surface area contributed by atoms with E-state index in [4.69, 9.17) is 0 Å². The van der Waals surface area contributed by atoms with E-state index < -0.39 is 15.8 Å². The highest BCUT2D eigenvalue weighted by Crippen LogP contribution is 2.29. The molecule has 3 aromatic heterocycles. The van der Waals surface area contributed by atoms with E-state index in [-0.39, 0.29) is 17.0 Å². The van der Waals surface area contributed by atoms with E-state index in [1.165, 1.54) is 18.2 Å². The van der Waals surface area contributed by atoms with Crippen molar-refractivity contribution in [3.63, 3.8) is 0 Å². The van der Waals surface area contributed by atoms with Crippen molar-refractivity contribution in [1.29, 1.82) is 0 Å². The largest absolute Gasteiger partial charge is 0.336 e. The van der Waals surface area contributed by atoms with E-state index >= 15 is 0 Å². The summed E-state index contributed by atoms with van der Waals surface area (Å²) in [4.78, 5) is 12.2. The molecule has 0 bridgehead atoms. The van der Waals surface area contributed by atoms with Crippen LogP contribution in [0.1, 0.15) is 11.1 Å². The first-order valence-corrected chi connectivity index (χ1v) is 12.0. The lowest BCUT2D eigenvalue weighted by atomic mass is 10.0. The van der Waals surface area contributed by atoms with Crippen molar-refractivity contribution in [1.82, 2.24) is 29.5 Å². The van der Waals surface area contributed by atoms with Crippen molar-refractivity contribution < 1.29 is 12.8 Å². The maximum absolute atomic E-state index is 15.0. The molecule has 0 spiro atoms. The van der Waals surface area contributed by atoms with Crippen LogP contribution in [0, 0.1) is 12.7 Å². The van der Waals surface area contributed by atoms with Crippen LogP contribution < -0.4 is 4.72 Å². The van der Waals surface area contributed by atoms with Gasteiger partial charge in [0.2, 0.25) is 10.0 Å². The summed E-state index contributed by atoms with van der Waals surface area (Å²) in [5, 5.41) is 4.16. The number of nitrogens with one attached hydrogen (secondary N) is 2. The molecule has 0 aliphatic carbocycles. The lowest BCUT2D eigenvalue weighted by molar-refractivity contribution is 0.574. The summed E-state index contributed by atoms with van der Waals surface area (Å²) in [7, 11) is -1.93. The van der Waals surface area contributed by atoms with Crippen molar-refractivity contribution >= 4 is 21.2 Å². The minimum absolute atomic E-state index is 0.137. The predicted molar refractivity (Wildman–Crippen MR) is 127 cm³/mol. The van der Waals surface area contributed by atoms with Gasteiger partial charge in [-0.2, -0.15) is 5.10 Å². The van der Waals surface area contributed by atoms with Crippen LogP contribution in [-0.4, -0.2) is 33.2 Å². The predicted octanol–water partition coefficient (Wildman–Crippen LogP) is 3.95. The molecule has 172 valence electrons. The minimum atomic E-state index is -3.75. The van der Waals surface area contributed by atoms with Crippen LogP contribution >= 0.6 is 0 Å². The fourth-order valence-corrected chi connectivity index (χ4v) is 4.67. The molecule has 5 rings (SSSR count). The highest BCUT2D eigenvalue weighted by atomic mass is 32.2. The fourth-order valence-electron chi connectivity index (χ4n) is 3.66.